The van der Waals surface area contributed by atoms with Crippen molar-refractivity contribution < 1.29 is 22.2 Å². The standard InChI is InChI=1S/C20H25N7O5S/c1-11(2)12(3)24-19-14(18(22)29)10-23-20(27-19)25-13-5-6-16(32-33(4,30)31)15(9-13)26-17(28)7-8-21/h5-6,9-12H,7H2,1-4H3,(H2,22,29)(H,26,28)(H2,23,24,25,27). The molecule has 1 atom stereocenters. The van der Waals surface area contributed by atoms with Gasteiger partial charge in [-0.2, -0.15) is 18.7 Å². The summed E-state index contributed by atoms with van der Waals surface area (Å²) in [6.45, 7) is 5.94. The molecule has 33 heavy (non-hydrogen) atoms. The maximum atomic E-state index is 11.9. The van der Waals surface area contributed by atoms with Crippen LogP contribution in [0.5, 0.6) is 5.75 Å². The van der Waals surface area contributed by atoms with Crippen LogP contribution in [0.15, 0.2) is 24.4 Å². The number of nitriles is 1. The highest BCUT2D eigenvalue weighted by molar-refractivity contribution is 7.86. The van der Waals surface area contributed by atoms with Crippen LogP contribution in [-0.2, 0) is 14.9 Å². The lowest BCUT2D eigenvalue weighted by Gasteiger charge is -2.20. The Hall–Kier alpha value is -3.92. The van der Waals surface area contributed by atoms with Crippen molar-refractivity contribution in [2.75, 3.05) is 22.2 Å². The molecule has 0 saturated heterocycles. The molecule has 0 fully saturated rings. The van der Waals surface area contributed by atoms with Crippen LogP contribution in [0, 0.1) is 17.2 Å². The number of primary amides is 1. The van der Waals surface area contributed by atoms with E-state index in [4.69, 9.17) is 15.2 Å². The van der Waals surface area contributed by atoms with Crippen LogP contribution in [0.4, 0.5) is 23.1 Å². The fourth-order valence-corrected chi connectivity index (χ4v) is 2.92. The van der Waals surface area contributed by atoms with Gasteiger partial charge in [0.2, 0.25) is 11.9 Å². The molecular weight excluding hydrogens is 450 g/mol. The molecule has 176 valence electrons. The maximum Gasteiger partial charge on any atom is 0.306 e. The fraction of sp³-hybridized carbons (Fsp3) is 0.350. The average molecular weight is 476 g/mol. The van der Waals surface area contributed by atoms with Gasteiger partial charge in [-0.3, -0.25) is 9.59 Å². The Morgan fingerprint density at radius 2 is 1.97 bits per heavy atom. The Morgan fingerprint density at radius 1 is 1.27 bits per heavy atom. The van der Waals surface area contributed by atoms with E-state index in [0.29, 0.717) is 5.69 Å². The normalized spacial score (nSPS) is 11.9. The van der Waals surface area contributed by atoms with Crippen LogP contribution in [0.1, 0.15) is 37.6 Å². The van der Waals surface area contributed by atoms with E-state index in [2.05, 4.69) is 25.9 Å². The highest BCUT2D eigenvalue weighted by Crippen LogP contribution is 2.30. The van der Waals surface area contributed by atoms with Crippen LogP contribution in [0.2, 0.25) is 0 Å². The van der Waals surface area contributed by atoms with Gasteiger partial charge in [0, 0.05) is 17.9 Å². The van der Waals surface area contributed by atoms with Gasteiger partial charge in [0.05, 0.1) is 23.6 Å². The first-order valence-corrected chi connectivity index (χ1v) is 11.6. The van der Waals surface area contributed by atoms with Crippen molar-refractivity contribution >= 4 is 45.1 Å². The van der Waals surface area contributed by atoms with Gasteiger partial charge in [-0.15, -0.1) is 0 Å². The van der Waals surface area contributed by atoms with Gasteiger partial charge in [-0.1, -0.05) is 13.8 Å². The number of amides is 2. The quantitative estimate of drug-likeness (QED) is 0.370. The van der Waals surface area contributed by atoms with Crippen LogP contribution in [-0.4, -0.2) is 42.5 Å². The van der Waals surface area contributed by atoms with E-state index in [0.717, 1.165) is 6.26 Å². The summed E-state index contributed by atoms with van der Waals surface area (Å²) in [7, 11) is -3.87. The second kappa shape index (κ2) is 10.6. The van der Waals surface area contributed by atoms with Crippen molar-refractivity contribution in [3.05, 3.63) is 30.0 Å². The topological polar surface area (TPSA) is 189 Å². The molecular formula is C20H25N7O5S. The number of hydrogen-bond donors (Lipinski definition) is 4. The first kappa shape index (κ1) is 25.3. The molecule has 12 nitrogen and oxygen atoms in total. The molecule has 0 aliphatic carbocycles. The molecule has 1 aromatic heterocycles. The molecule has 2 aromatic rings. The van der Waals surface area contributed by atoms with Crippen molar-refractivity contribution in [1.29, 1.82) is 5.26 Å². The third-order valence-electron chi connectivity index (χ3n) is 4.41. The summed E-state index contributed by atoms with van der Waals surface area (Å²) in [5.74, 6) is -0.856. The molecule has 1 heterocycles. The predicted octanol–water partition coefficient (Wildman–Crippen LogP) is 1.97. The number of aromatic nitrogens is 2. The molecule has 0 radical (unpaired) electrons. The van der Waals surface area contributed by atoms with Gasteiger partial charge in [0.15, 0.2) is 5.75 Å². The van der Waals surface area contributed by atoms with Gasteiger partial charge >= 0.3 is 10.1 Å². The Balaban J connectivity index is 2.39. The molecule has 0 spiro atoms. The molecule has 0 aliphatic heterocycles. The first-order valence-electron chi connectivity index (χ1n) is 9.80. The highest BCUT2D eigenvalue weighted by atomic mass is 32.2. The van der Waals surface area contributed by atoms with Gasteiger partial charge in [0.1, 0.15) is 12.2 Å². The average Bonchev–Trinajstić information content (AvgIpc) is 2.69. The maximum absolute atomic E-state index is 11.9. The number of benzene rings is 1. The van der Waals surface area contributed by atoms with Gasteiger partial charge < -0.3 is 25.9 Å². The Morgan fingerprint density at radius 3 is 2.55 bits per heavy atom. The number of nitrogens with two attached hydrogens (primary N) is 1. The number of nitrogens with zero attached hydrogens (tertiary/aromatic N) is 3. The van der Waals surface area contributed by atoms with Crippen molar-refractivity contribution in [3.8, 4) is 11.8 Å². The second-order valence-corrected chi connectivity index (χ2v) is 9.08. The van der Waals surface area contributed by atoms with E-state index in [1.54, 1.807) is 6.07 Å². The first-order chi connectivity index (χ1) is 15.4. The summed E-state index contributed by atoms with van der Waals surface area (Å²) in [6, 6.07) is 5.89. The van der Waals surface area contributed by atoms with E-state index >= 15 is 0 Å². The number of carbonyl (C=O) groups is 2. The van der Waals surface area contributed by atoms with Gasteiger partial charge in [-0.25, -0.2) is 4.98 Å². The zero-order valence-electron chi connectivity index (χ0n) is 18.5. The summed E-state index contributed by atoms with van der Waals surface area (Å²) in [4.78, 5) is 32.0. The zero-order chi connectivity index (χ0) is 24.8. The van der Waals surface area contributed by atoms with Crippen molar-refractivity contribution in [3.63, 3.8) is 0 Å². The third-order valence-corrected chi connectivity index (χ3v) is 4.89. The van der Waals surface area contributed by atoms with Gasteiger partial charge in [0.25, 0.3) is 5.91 Å². The Bertz CT molecular complexity index is 1190. The molecule has 0 saturated carbocycles. The lowest BCUT2D eigenvalue weighted by molar-refractivity contribution is -0.115. The smallest absolute Gasteiger partial charge is 0.306 e. The monoisotopic (exact) mass is 475 g/mol. The van der Waals surface area contributed by atoms with Gasteiger partial charge in [-0.05, 0) is 31.0 Å². The minimum absolute atomic E-state index is 0.0137. The largest absolute Gasteiger partial charge is 0.380 e. The lowest BCUT2D eigenvalue weighted by atomic mass is 10.1. The van der Waals surface area contributed by atoms with E-state index in [-0.39, 0.29) is 40.7 Å². The summed E-state index contributed by atoms with van der Waals surface area (Å²) < 4.78 is 28.0. The van der Waals surface area contributed by atoms with E-state index < -0.39 is 28.4 Å². The number of nitrogens with one attached hydrogen (secondary N) is 3. The summed E-state index contributed by atoms with van der Waals surface area (Å²) in [5.41, 5.74) is 5.93. The number of hydrogen-bond acceptors (Lipinski definition) is 10. The SMILES string of the molecule is CC(C)C(C)Nc1nc(Nc2ccc(OS(C)(=O)=O)c(NC(=O)CC#N)c2)ncc1C(N)=O. The third kappa shape index (κ3) is 7.62. The van der Waals surface area contributed by atoms with Crippen molar-refractivity contribution in [1.82, 2.24) is 9.97 Å². The molecule has 0 aliphatic rings. The number of carbonyl (C=O) groups excluding carboxylic acids is 2. The van der Waals surface area contributed by atoms with Crippen LogP contribution in [0.25, 0.3) is 0 Å². The lowest BCUT2D eigenvalue weighted by Crippen LogP contribution is -2.25. The molecule has 5 N–H and O–H groups in total. The fourth-order valence-electron chi connectivity index (χ4n) is 2.45. The highest BCUT2D eigenvalue weighted by Gasteiger charge is 2.17. The minimum atomic E-state index is -3.87. The molecule has 2 amide bonds. The number of anilines is 4. The predicted molar refractivity (Wildman–Crippen MR) is 123 cm³/mol. The molecule has 0 bridgehead atoms. The van der Waals surface area contributed by atoms with Crippen LogP contribution in [0.3, 0.4) is 0 Å². The summed E-state index contributed by atoms with van der Waals surface area (Å²) >= 11 is 0. The Labute approximate surface area is 191 Å². The van der Waals surface area contributed by atoms with Crippen LogP contribution < -0.4 is 25.9 Å². The van der Waals surface area contributed by atoms with Crippen LogP contribution >= 0.6 is 0 Å². The molecule has 2 rings (SSSR count). The molecule has 1 aromatic carbocycles. The summed E-state index contributed by atoms with van der Waals surface area (Å²) in [6.07, 6.45) is 1.71. The molecule has 13 heteroatoms. The van der Waals surface area contributed by atoms with Crippen molar-refractivity contribution in [2.45, 2.75) is 33.2 Å². The van der Waals surface area contributed by atoms with Crippen molar-refractivity contribution in [2.24, 2.45) is 11.7 Å². The summed E-state index contributed by atoms with van der Waals surface area (Å²) in [5, 5.41) is 17.2. The Kier molecular flexibility index (Phi) is 8.14. The molecule has 1 unspecified atom stereocenters. The second-order valence-electron chi connectivity index (χ2n) is 7.50. The minimum Gasteiger partial charge on any atom is -0.380 e. The van der Waals surface area contributed by atoms with E-state index in [1.165, 1.54) is 24.4 Å². The number of rotatable bonds is 10. The van der Waals surface area contributed by atoms with E-state index in [9.17, 15) is 18.0 Å². The zero-order valence-corrected chi connectivity index (χ0v) is 19.4. The van der Waals surface area contributed by atoms with E-state index in [1.807, 2.05) is 20.8 Å².